The van der Waals surface area contributed by atoms with Crippen LogP contribution in [0.2, 0.25) is 0 Å². The van der Waals surface area contributed by atoms with Crippen LogP contribution in [0.15, 0.2) is 6.07 Å². The van der Waals surface area contributed by atoms with Gasteiger partial charge in [-0.25, -0.2) is 0 Å². The van der Waals surface area contributed by atoms with E-state index in [4.69, 9.17) is 0 Å². The molecule has 2 heterocycles. The maximum absolute atomic E-state index is 13.2. The van der Waals surface area contributed by atoms with Crippen LogP contribution < -0.4 is 10.6 Å². The quantitative estimate of drug-likeness (QED) is 0.853. The lowest BCUT2D eigenvalue weighted by molar-refractivity contribution is -0.213. The Kier molecular flexibility index (Phi) is 3.29. The molecule has 1 aromatic rings. The van der Waals surface area contributed by atoms with E-state index in [1.54, 1.807) is 14.0 Å². The number of carbonyl (C=O) groups excluding carboxylic acids is 1. The molecule has 5 nitrogen and oxygen atoms in total. The molecule has 1 fully saturated rings. The minimum absolute atomic E-state index is 0.178. The second-order valence-electron chi connectivity index (χ2n) is 4.76. The molecule has 0 saturated carbocycles. The number of anilines is 1. The van der Waals surface area contributed by atoms with Crippen LogP contribution in [0.25, 0.3) is 0 Å². The zero-order valence-electron chi connectivity index (χ0n) is 10.6. The minimum atomic E-state index is -4.58. The monoisotopic (exact) mass is 276 g/mol. The number of halogens is 3. The number of alkyl halides is 3. The van der Waals surface area contributed by atoms with Gasteiger partial charge in [-0.15, -0.1) is 0 Å². The van der Waals surface area contributed by atoms with Crippen molar-refractivity contribution in [2.75, 3.05) is 18.4 Å². The molecule has 1 atom stereocenters. The zero-order valence-corrected chi connectivity index (χ0v) is 10.6. The van der Waals surface area contributed by atoms with Crippen molar-refractivity contribution < 1.29 is 18.0 Å². The maximum atomic E-state index is 13.2. The molecule has 0 bridgehead atoms. The number of rotatable bonds is 2. The van der Waals surface area contributed by atoms with E-state index in [2.05, 4.69) is 15.7 Å². The zero-order chi connectivity index (χ0) is 14.3. The number of nitrogens with zero attached hydrogens (tertiary/aromatic N) is 2. The van der Waals surface area contributed by atoms with Crippen molar-refractivity contribution in [3.05, 3.63) is 11.8 Å². The maximum Gasteiger partial charge on any atom is 0.404 e. The molecule has 0 aromatic carbocycles. The molecule has 2 N–H and O–H groups in total. The van der Waals surface area contributed by atoms with Gasteiger partial charge >= 0.3 is 6.18 Å². The van der Waals surface area contributed by atoms with Gasteiger partial charge in [0, 0.05) is 19.7 Å². The van der Waals surface area contributed by atoms with Crippen LogP contribution in [0.4, 0.5) is 19.0 Å². The van der Waals surface area contributed by atoms with Gasteiger partial charge in [-0.3, -0.25) is 9.48 Å². The van der Waals surface area contributed by atoms with E-state index in [-0.39, 0.29) is 25.3 Å². The fourth-order valence-corrected chi connectivity index (χ4v) is 2.22. The highest BCUT2D eigenvalue weighted by atomic mass is 19.4. The van der Waals surface area contributed by atoms with E-state index in [1.165, 1.54) is 10.7 Å². The molecule has 0 aliphatic carbocycles. The summed E-state index contributed by atoms with van der Waals surface area (Å²) in [7, 11) is 1.57. The number of hydrogen-bond donors (Lipinski definition) is 2. The summed E-state index contributed by atoms with van der Waals surface area (Å²) >= 11 is 0. The number of hydrogen-bond acceptors (Lipinski definition) is 3. The van der Waals surface area contributed by atoms with Gasteiger partial charge in [-0.05, 0) is 19.9 Å². The Morgan fingerprint density at radius 2 is 2.26 bits per heavy atom. The summed E-state index contributed by atoms with van der Waals surface area (Å²) < 4.78 is 40.8. The third kappa shape index (κ3) is 2.32. The SMILES string of the molecule is Cc1cc(NC(=O)C2(C(F)(F)F)CCNC2)n(C)n1. The summed E-state index contributed by atoms with van der Waals surface area (Å²) in [5.41, 5.74) is -1.73. The number of aryl methyl sites for hydroxylation is 2. The minimum Gasteiger partial charge on any atom is -0.315 e. The summed E-state index contributed by atoms with van der Waals surface area (Å²) in [4.78, 5) is 12.0. The van der Waals surface area contributed by atoms with Crippen LogP contribution >= 0.6 is 0 Å². The third-order valence-corrected chi connectivity index (χ3v) is 3.38. The van der Waals surface area contributed by atoms with E-state index >= 15 is 0 Å². The Hall–Kier alpha value is -1.57. The topological polar surface area (TPSA) is 59.0 Å². The van der Waals surface area contributed by atoms with Gasteiger partial charge in [0.15, 0.2) is 5.41 Å². The van der Waals surface area contributed by atoms with Gasteiger partial charge in [0.25, 0.3) is 0 Å². The van der Waals surface area contributed by atoms with Gasteiger partial charge in [-0.2, -0.15) is 18.3 Å². The van der Waals surface area contributed by atoms with Crippen molar-refractivity contribution in [2.45, 2.75) is 19.5 Å². The third-order valence-electron chi connectivity index (χ3n) is 3.38. The summed E-state index contributed by atoms with van der Waals surface area (Å²) in [5.74, 6) is -0.772. The Bertz CT molecular complexity index is 489. The highest BCUT2D eigenvalue weighted by Gasteiger charge is 2.61. The fourth-order valence-electron chi connectivity index (χ4n) is 2.22. The Labute approximate surface area is 108 Å². The van der Waals surface area contributed by atoms with Gasteiger partial charge in [0.05, 0.1) is 5.69 Å². The van der Waals surface area contributed by atoms with Crippen molar-refractivity contribution in [1.82, 2.24) is 15.1 Å². The smallest absolute Gasteiger partial charge is 0.315 e. The van der Waals surface area contributed by atoms with Gasteiger partial charge in [0.2, 0.25) is 5.91 Å². The molecule has 1 unspecified atom stereocenters. The summed E-state index contributed by atoms with van der Waals surface area (Å²) in [6.45, 7) is 1.49. The second kappa shape index (κ2) is 4.52. The normalized spacial score (nSPS) is 23.6. The van der Waals surface area contributed by atoms with Crippen molar-refractivity contribution in [2.24, 2.45) is 12.5 Å². The van der Waals surface area contributed by atoms with Gasteiger partial charge in [-0.1, -0.05) is 0 Å². The molecule has 1 aromatic heterocycles. The molecule has 1 aliphatic rings. The number of nitrogens with one attached hydrogen (secondary N) is 2. The van der Waals surface area contributed by atoms with Gasteiger partial charge < -0.3 is 10.6 Å². The van der Waals surface area contributed by atoms with Crippen molar-refractivity contribution >= 4 is 11.7 Å². The summed E-state index contributed by atoms with van der Waals surface area (Å²) in [6, 6.07) is 1.53. The number of aromatic nitrogens is 2. The van der Waals surface area contributed by atoms with Crippen LogP contribution in [0.5, 0.6) is 0 Å². The fraction of sp³-hybridized carbons (Fsp3) is 0.636. The Balaban J connectivity index is 2.25. The van der Waals surface area contributed by atoms with Crippen molar-refractivity contribution in [3.8, 4) is 0 Å². The first kappa shape index (κ1) is 13.9. The van der Waals surface area contributed by atoms with E-state index in [0.717, 1.165) is 0 Å². The molecule has 0 radical (unpaired) electrons. The molecule has 2 rings (SSSR count). The summed E-state index contributed by atoms with van der Waals surface area (Å²) in [6.07, 6.45) is -4.83. The molecule has 19 heavy (non-hydrogen) atoms. The van der Waals surface area contributed by atoms with Crippen LogP contribution in [-0.4, -0.2) is 35.0 Å². The van der Waals surface area contributed by atoms with E-state index < -0.39 is 17.5 Å². The molecule has 106 valence electrons. The number of carbonyl (C=O) groups is 1. The molecular formula is C11H15F3N4O. The van der Waals surface area contributed by atoms with E-state index in [1.807, 2.05) is 0 Å². The lowest BCUT2D eigenvalue weighted by Crippen LogP contribution is -2.49. The van der Waals surface area contributed by atoms with Gasteiger partial charge in [0.1, 0.15) is 5.82 Å². The molecular weight excluding hydrogens is 261 g/mol. The highest BCUT2D eigenvalue weighted by molar-refractivity contribution is 5.95. The lowest BCUT2D eigenvalue weighted by Gasteiger charge is -2.29. The molecule has 1 amide bonds. The Morgan fingerprint density at radius 3 is 2.68 bits per heavy atom. The molecule has 0 spiro atoms. The summed E-state index contributed by atoms with van der Waals surface area (Å²) in [5, 5.41) is 8.91. The van der Waals surface area contributed by atoms with Crippen molar-refractivity contribution in [1.29, 1.82) is 0 Å². The number of amides is 1. The van der Waals surface area contributed by atoms with E-state index in [9.17, 15) is 18.0 Å². The van der Waals surface area contributed by atoms with Crippen LogP contribution in [-0.2, 0) is 11.8 Å². The predicted octanol–water partition coefficient (Wildman–Crippen LogP) is 1.21. The Morgan fingerprint density at radius 1 is 1.58 bits per heavy atom. The standard InChI is InChI=1S/C11H15F3N4O/c1-7-5-8(18(2)17-7)16-9(19)10(11(12,13)14)3-4-15-6-10/h5,15H,3-4,6H2,1-2H3,(H,16,19). The van der Waals surface area contributed by atoms with Crippen LogP contribution in [0.3, 0.4) is 0 Å². The van der Waals surface area contributed by atoms with E-state index in [0.29, 0.717) is 5.69 Å². The average Bonchev–Trinajstić information content (AvgIpc) is 2.86. The van der Waals surface area contributed by atoms with Crippen LogP contribution in [0.1, 0.15) is 12.1 Å². The first-order chi connectivity index (χ1) is 8.76. The van der Waals surface area contributed by atoms with Crippen LogP contribution in [0, 0.1) is 12.3 Å². The predicted molar refractivity (Wildman–Crippen MR) is 62.5 cm³/mol. The molecule has 8 heteroatoms. The first-order valence-electron chi connectivity index (χ1n) is 5.86. The molecule has 1 saturated heterocycles. The van der Waals surface area contributed by atoms with Crippen molar-refractivity contribution in [3.63, 3.8) is 0 Å². The first-order valence-corrected chi connectivity index (χ1v) is 5.86. The lowest BCUT2D eigenvalue weighted by atomic mass is 9.85. The second-order valence-corrected chi connectivity index (χ2v) is 4.76. The largest absolute Gasteiger partial charge is 0.404 e. The average molecular weight is 276 g/mol. The highest BCUT2D eigenvalue weighted by Crippen LogP contribution is 2.43. The molecule has 1 aliphatic heterocycles.